The fraction of sp³-hybridized carbons (Fsp3) is 0.562. The van der Waals surface area contributed by atoms with Crippen LogP contribution < -0.4 is 4.74 Å². The molecule has 1 heterocycles. The van der Waals surface area contributed by atoms with Gasteiger partial charge in [-0.05, 0) is 52.0 Å². The summed E-state index contributed by atoms with van der Waals surface area (Å²) >= 11 is 5.48. The maximum absolute atomic E-state index is 5.48. The summed E-state index contributed by atoms with van der Waals surface area (Å²) in [6.07, 6.45) is 0. The number of hydrogen-bond donors (Lipinski definition) is 1. The molecule has 0 atom stereocenters. The van der Waals surface area contributed by atoms with Crippen LogP contribution in [0.25, 0.3) is 11.0 Å². The third-order valence-corrected chi connectivity index (χ3v) is 4.22. The average Bonchev–Trinajstić information content (AvgIpc) is 2.74. The summed E-state index contributed by atoms with van der Waals surface area (Å²) in [6, 6.07) is 7.09. The van der Waals surface area contributed by atoms with Crippen LogP contribution in [0.4, 0.5) is 0 Å². The fourth-order valence-electron chi connectivity index (χ4n) is 2.87. The molecule has 0 unspecified atom stereocenters. The minimum Gasteiger partial charge on any atom is -0.494 e. The van der Waals surface area contributed by atoms with Gasteiger partial charge in [-0.25, -0.2) is 0 Å². The maximum Gasteiger partial charge on any atom is 0.178 e. The molecule has 0 aliphatic carbocycles. The lowest BCUT2D eigenvalue weighted by Crippen LogP contribution is -2.39. The highest BCUT2D eigenvalue weighted by atomic mass is 32.1. The number of rotatable bonds is 6. The lowest BCUT2D eigenvalue weighted by atomic mass is 10.2. The molecule has 2 rings (SSSR count). The van der Waals surface area contributed by atoms with Gasteiger partial charge in [-0.2, -0.15) is 0 Å². The lowest BCUT2D eigenvalue weighted by molar-refractivity contribution is 0.168. The second-order valence-electron chi connectivity index (χ2n) is 5.86. The molecule has 1 N–H and O–H groups in total. The number of nitrogens with one attached hydrogen (secondary N) is 1. The summed E-state index contributed by atoms with van der Waals surface area (Å²) in [5.41, 5.74) is 2.08. The monoisotopic (exact) mass is 307 g/mol. The van der Waals surface area contributed by atoms with Crippen molar-refractivity contribution in [2.75, 3.05) is 13.7 Å². The second kappa shape index (κ2) is 6.62. The van der Waals surface area contributed by atoms with E-state index in [9.17, 15) is 0 Å². The number of hydrogen-bond acceptors (Lipinski definition) is 3. The first-order valence-corrected chi connectivity index (χ1v) is 7.87. The number of para-hydroxylation sites is 1. The Morgan fingerprint density at radius 3 is 2.48 bits per heavy atom. The Bertz CT molecular complexity index is 649. The molecule has 0 saturated carbocycles. The number of benzene rings is 1. The van der Waals surface area contributed by atoms with E-state index in [1.807, 2.05) is 12.1 Å². The Kier molecular flexibility index (Phi) is 5.06. The number of H-pyrrole nitrogens is 1. The molecule has 0 bridgehead atoms. The molecule has 0 radical (unpaired) electrons. The highest BCUT2D eigenvalue weighted by Gasteiger charge is 2.15. The molecule has 2 aromatic rings. The number of nitrogens with zero attached hydrogens (tertiary/aromatic N) is 2. The van der Waals surface area contributed by atoms with Crippen LogP contribution in [-0.4, -0.2) is 40.2 Å². The first kappa shape index (κ1) is 16.0. The zero-order chi connectivity index (χ0) is 15.6. The summed E-state index contributed by atoms with van der Waals surface area (Å²) in [5.74, 6) is 0.835. The molecule has 0 fully saturated rings. The van der Waals surface area contributed by atoms with Crippen molar-refractivity contribution in [1.82, 2.24) is 14.5 Å². The molecule has 1 aromatic heterocycles. The Hall–Kier alpha value is -1.33. The van der Waals surface area contributed by atoms with Gasteiger partial charge in [-0.15, -0.1) is 0 Å². The fourth-order valence-corrected chi connectivity index (χ4v) is 3.17. The van der Waals surface area contributed by atoms with Gasteiger partial charge >= 0.3 is 0 Å². The van der Waals surface area contributed by atoms with E-state index >= 15 is 0 Å². The number of fused-ring (bicyclic) bond motifs is 1. The van der Waals surface area contributed by atoms with Crippen LogP contribution >= 0.6 is 12.2 Å². The van der Waals surface area contributed by atoms with Gasteiger partial charge in [-0.1, -0.05) is 6.07 Å². The van der Waals surface area contributed by atoms with Crippen LogP contribution in [0.1, 0.15) is 27.7 Å². The number of ether oxygens (including phenoxy) is 1. The molecule has 0 aliphatic heterocycles. The Balaban J connectivity index is 2.31. The molecule has 0 spiro atoms. The smallest absolute Gasteiger partial charge is 0.178 e. The van der Waals surface area contributed by atoms with Crippen molar-refractivity contribution in [2.45, 2.75) is 46.3 Å². The van der Waals surface area contributed by atoms with Gasteiger partial charge in [0.2, 0.25) is 0 Å². The third-order valence-electron chi connectivity index (χ3n) is 3.90. The standard InChI is InChI=1S/C16H25N3OS/c1-11(2)18(12(3)4)9-10-19-13-7-6-8-14(20-5)15(13)17-16(19)21/h6-8,11-12H,9-10H2,1-5H3,(H,17,21). The van der Waals surface area contributed by atoms with E-state index in [0.29, 0.717) is 12.1 Å². The molecule has 116 valence electrons. The lowest BCUT2D eigenvalue weighted by Gasteiger charge is -2.30. The predicted octanol–water partition coefficient (Wildman–Crippen LogP) is 3.83. The zero-order valence-corrected chi connectivity index (χ0v) is 14.3. The van der Waals surface area contributed by atoms with Crippen molar-refractivity contribution in [1.29, 1.82) is 0 Å². The number of aromatic amines is 1. The minimum absolute atomic E-state index is 0.527. The largest absolute Gasteiger partial charge is 0.494 e. The van der Waals surface area contributed by atoms with Crippen LogP contribution in [0, 0.1) is 4.77 Å². The van der Waals surface area contributed by atoms with E-state index in [-0.39, 0.29) is 0 Å². The van der Waals surface area contributed by atoms with Crippen molar-refractivity contribution in [2.24, 2.45) is 0 Å². The van der Waals surface area contributed by atoms with Crippen LogP contribution in [0.15, 0.2) is 18.2 Å². The van der Waals surface area contributed by atoms with Crippen LogP contribution in [-0.2, 0) is 6.54 Å². The Morgan fingerprint density at radius 1 is 1.24 bits per heavy atom. The molecule has 21 heavy (non-hydrogen) atoms. The van der Waals surface area contributed by atoms with E-state index in [1.165, 1.54) is 0 Å². The molecule has 5 heteroatoms. The number of aromatic nitrogens is 2. The van der Waals surface area contributed by atoms with Crippen molar-refractivity contribution >= 4 is 23.3 Å². The van der Waals surface area contributed by atoms with Crippen molar-refractivity contribution < 1.29 is 4.74 Å². The second-order valence-corrected chi connectivity index (χ2v) is 6.25. The van der Waals surface area contributed by atoms with Gasteiger partial charge in [0, 0.05) is 25.2 Å². The summed E-state index contributed by atoms with van der Waals surface area (Å²) in [6.45, 7) is 10.8. The van der Waals surface area contributed by atoms with E-state index in [1.54, 1.807) is 7.11 Å². The van der Waals surface area contributed by atoms with Crippen LogP contribution in [0.2, 0.25) is 0 Å². The summed E-state index contributed by atoms with van der Waals surface area (Å²) < 4.78 is 8.31. The van der Waals surface area contributed by atoms with Crippen molar-refractivity contribution in [3.63, 3.8) is 0 Å². The molecular formula is C16H25N3OS. The number of methoxy groups -OCH3 is 1. The Labute approximate surface area is 131 Å². The van der Waals surface area contributed by atoms with Gasteiger partial charge in [-0.3, -0.25) is 4.90 Å². The highest BCUT2D eigenvalue weighted by molar-refractivity contribution is 7.71. The normalized spacial score (nSPS) is 12.0. The average molecular weight is 307 g/mol. The maximum atomic E-state index is 5.48. The summed E-state index contributed by atoms with van der Waals surface area (Å²) in [7, 11) is 1.68. The van der Waals surface area contributed by atoms with E-state index in [0.717, 1.165) is 34.6 Å². The van der Waals surface area contributed by atoms with Crippen molar-refractivity contribution in [3.05, 3.63) is 23.0 Å². The summed E-state index contributed by atoms with van der Waals surface area (Å²) in [5, 5.41) is 0. The van der Waals surface area contributed by atoms with Gasteiger partial charge in [0.1, 0.15) is 11.3 Å². The number of imidazole rings is 1. The Morgan fingerprint density at radius 2 is 1.90 bits per heavy atom. The first-order chi connectivity index (χ1) is 9.95. The first-order valence-electron chi connectivity index (χ1n) is 7.47. The topological polar surface area (TPSA) is 33.2 Å². The molecular weight excluding hydrogens is 282 g/mol. The quantitative estimate of drug-likeness (QED) is 0.824. The van der Waals surface area contributed by atoms with E-state index in [2.05, 4.69) is 48.2 Å². The predicted molar refractivity (Wildman–Crippen MR) is 90.7 cm³/mol. The van der Waals surface area contributed by atoms with Crippen molar-refractivity contribution in [3.8, 4) is 5.75 Å². The van der Waals surface area contributed by atoms with Crippen LogP contribution in [0.5, 0.6) is 5.75 Å². The van der Waals surface area contributed by atoms with Gasteiger partial charge in [0.05, 0.1) is 12.6 Å². The molecule has 0 amide bonds. The SMILES string of the molecule is COc1cccc2c1[nH]c(=S)n2CCN(C(C)C)C(C)C. The van der Waals surface area contributed by atoms with E-state index < -0.39 is 0 Å². The zero-order valence-electron chi connectivity index (χ0n) is 13.5. The molecule has 1 aromatic carbocycles. The minimum atomic E-state index is 0.527. The van der Waals surface area contributed by atoms with E-state index in [4.69, 9.17) is 17.0 Å². The van der Waals surface area contributed by atoms with Gasteiger partial charge < -0.3 is 14.3 Å². The third kappa shape index (κ3) is 3.30. The van der Waals surface area contributed by atoms with Crippen LogP contribution in [0.3, 0.4) is 0 Å². The molecule has 0 saturated heterocycles. The summed E-state index contributed by atoms with van der Waals surface area (Å²) in [4.78, 5) is 5.74. The molecule has 0 aliphatic rings. The molecule has 4 nitrogen and oxygen atoms in total. The van der Waals surface area contributed by atoms with Gasteiger partial charge in [0.15, 0.2) is 4.77 Å². The van der Waals surface area contributed by atoms with Gasteiger partial charge in [0.25, 0.3) is 0 Å². The highest BCUT2D eigenvalue weighted by Crippen LogP contribution is 2.24.